The number of carboxylic acid groups (broad SMARTS) is 1. The zero-order valence-electron chi connectivity index (χ0n) is 9.55. The van der Waals surface area contributed by atoms with Gasteiger partial charge in [0.05, 0.1) is 6.61 Å². The predicted molar refractivity (Wildman–Crippen MR) is 66.0 cm³/mol. The van der Waals surface area contributed by atoms with E-state index in [2.05, 4.69) is 0 Å². The highest BCUT2D eigenvalue weighted by atomic mass is 16.4. The van der Waals surface area contributed by atoms with Crippen molar-refractivity contribution in [2.75, 3.05) is 6.61 Å². The zero-order valence-corrected chi connectivity index (χ0v) is 9.55. The van der Waals surface area contributed by atoms with Crippen molar-refractivity contribution in [1.29, 1.82) is 0 Å². The van der Waals surface area contributed by atoms with E-state index in [1.807, 2.05) is 36.4 Å². The standard InChI is InChI=1S/C14H14O3/c1-14(9-15,13(16)17)12-7-6-10-4-2-3-5-11(10)8-12/h2-8,15H,9H2,1H3,(H,16,17). The SMILES string of the molecule is CC(CO)(C(=O)O)c1ccc2ccccc2c1. The van der Waals surface area contributed by atoms with Crippen LogP contribution >= 0.6 is 0 Å². The van der Waals surface area contributed by atoms with Crippen molar-refractivity contribution in [3.8, 4) is 0 Å². The summed E-state index contributed by atoms with van der Waals surface area (Å²) in [5.74, 6) is -1.02. The van der Waals surface area contributed by atoms with Crippen molar-refractivity contribution in [3.05, 3.63) is 48.0 Å². The van der Waals surface area contributed by atoms with Gasteiger partial charge in [-0.15, -0.1) is 0 Å². The highest BCUT2D eigenvalue weighted by Gasteiger charge is 2.34. The molecule has 0 spiro atoms. The summed E-state index contributed by atoms with van der Waals surface area (Å²) in [7, 11) is 0. The second-order valence-electron chi connectivity index (χ2n) is 4.36. The molecule has 0 aliphatic heterocycles. The van der Waals surface area contributed by atoms with E-state index in [9.17, 15) is 15.0 Å². The van der Waals surface area contributed by atoms with Crippen molar-refractivity contribution < 1.29 is 15.0 Å². The molecule has 1 atom stereocenters. The summed E-state index contributed by atoms with van der Waals surface area (Å²) in [6.45, 7) is 1.11. The van der Waals surface area contributed by atoms with Crippen LogP contribution in [-0.2, 0) is 10.2 Å². The number of hydrogen-bond acceptors (Lipinski definition) is 2. The van der Waals surface area contributed by atoms with Crippen molar-refractivity contribution >= 4 is 16.7 Å². The van der Waals surface area contributed by atoms with Crippen molar-refractivity contribution in [2.45, 2.75) is 12.3 Å². The van der Waals surface area contributed by atoms with Crippen LogP contribution in [0.3, 0.4) is 0 Å². The monoisotopic (exact) mass is 230 g/mol. The molecule has 0 aromatic heterocycles. The third kappa shape index (κ3) is 1.89. The van der Waals surface area contributed by atoms with Gasteiger partial charge in [0.25, 0.3) is 0 Å². The third-order valence-electron chi connectivity index (χ3n) is 3.17. The summed E-state index contributed by atoms with van der Waals surface area (Å²) in [6.07, 6.45) is 0. The molecule has 2 aromatic rings. The van der Waals surface area contributed by atoms with E-state index in [0.29, 0.717) is 5.56 Å². The molecule has 1 unspecified atom stereocenters. The Balaban J connectivity index is 2.59. The van der Waals surface area contributed by atoms with Crippen molar-refractivity contribution in [3.63, 3.8) is 0 Å². The van der Waals surface area contributed by atoms with E-state index in [-0.39, 0.29) is 0 Å². The Morgan fingerprint density at radius 3 is 2.41 bits per heavy atom. The highest BCUT2D eigenvalue weighted by Crippen LogP contribution is 2.27. The summed E-state index contributed by atoms with van der Waals surface area (Å²) in [5.41, 5.74) is -0.629. The fourth-order valence-corrected chi connectivity index (χ4v) is 1.81. The largest absolute Gasteiger partial charge is 0.481 e. The van der Waals surface area contributed by atoms with Gasteiger partial charge in [0, 0.05) is 0 Å². The molecule has 0 bridgehead atoms. The van der Waals surface area contributed by atoms with E-state index in [0.717, 1.165) is 10.8 Å². The smallest absolute Gasteiger partial charge is 0.316 e. The number of benzene rings is 2. The van der Waals surface area contributed by atoms with Gasteiger partial charge in [0.15, 0.2) is 0 Å². The summed E-state index contributed by atoms with van der Waals surface area (Å²) >= 11 is 0. The topological polar surface area (TPSA) is 57.5 Å². The molecule has 3 nitrogen and oxygen atoms in total. The van der Waals surface area contributed by atoms with Crippen LogP contribution in [0.15, 0.2) is 42.5 Å². The molecule has 2 N–H and O–H groups in total. The Morgan fingerprint density at radius 2 is 1.82 bits per heavy atom. The molecule has 0 heterocycles. The summed E-state index contributed by atoms with van der Waals surface area (Å²) in [6, 6.07) is 13.2. The molecule has 0 fully saturated rings. The number of hydrogen-bond donors (Lipinski definition) is 2. The molecule has 88 valence electrons. The number of aliphatic carboxylic acids is 1. The molecule has 0 amide bonds. The fourth-order valence-electron chi connectivity index (χ4n) is 1.81. The average Bonchev–Trinajstić information content (AvgIpc) is 2.37. The number of carboxylic acids is 1. The number of aliphatic hydroxyl groups is 1. The summed E-state index contributed by atoms with van der Waals surface area (Å²) in [5, 5.41) is 20.5. The Labute approximate surface area is 99.3 Å². The van der Waals surface area contributed by atoms with Gasteiger partial charge in [-0.1, -0.05) is 36.4 Å². The maximum absolute atomic E-state index is 11.2. The number of carbonyl (C=O) groups is 1. The van der Waals surface area contributed by atoms with Crippen LogP contribution in [0.5, 0.6) is 0 Å². The van der Waals surface area contributed by atoms with Gasteiger partial charge < -0.3 is 10.2 Å². The normalized spacial score (nSPS) is 14.5. The van der Waals surface area contributed by atoms with Gasteiger partial charge in [0.2, 0.25) is 0 Å². The summed E-state index contributed by atoms with van der Waals surface area (Å²) in [4.78, 5) is 11.2. The minimum Gasteiger partial charge on any atom is -0.481 e. The van der Waals surface area contributed by atoms with E-state index in [1.165, 1.54) is 6.92 Å². The lowest BCUT2D eigenvalue weighted by atomic mass is 9.82. The first kappa shape index (κ1) is 11.6. The Bertz CT molecular complexity index is 562. The lowest BCUT2D eigenvalue weighted by molar-refractivity contribution is -0.144. The second-order valence-corrected chi connectivity index (χ2v) is 4.36. The minimum atomic E-state index is -1.25. The minimum absolute atomic E-state index is 0.416. The van der Waals surface area contributed by atoms with Crippen LogP contribution in [0.4, 0.5) is 0 Å². The van der Waals surface area contributed by atoms with Gasteiger partial charge in [0.1, 0.15) is 5.41 Å². The maximum Gasteiger partial charge on any atom is 0.316 e. The Morgan fingerprint density at radius 1 is 1.18 bits per heavy atom. The lowest BCUT2D eigenvalue weighted by Crippen LogP contribution is -2.36. The molecule has 0 saturated heterocycles. The fraction of sp³-hybridized carbons (Fsp3) is 0.214. The lowest BCUT2D eigenvalue weighted by Gasteiger charge is -2.22. The first-order chi connectivity index (χ1) is 8.08. The van der Waals surface area contributed by atoms with Crippen LogP contribution in [0.25, 0.3) is 10.8 Å². The van der Waals surface area contributed by atoms with Crippen LogP contribution in [-0.4, -0.2) is 22.8 Å². The van der Waals surface area contributed by atoms with Gasteiger partial charge in [-0.3, -0.25) is 4.79 Å². The maximum atomic E-state index is 11.2. The molecule has 0 aliphatic rings. The number of fused-ring (bicyclic) bond motifs is 1. The number of rotatable bonds is 3. The Kier molecular flexibility index (Phi) is 2.86. The quantitative estimate of drug-likeness (QED) is 0.849. The second kappa shape index (κ2) is 4.18. The predicted octanol–water partition coefficient (Wildman–Crippen LogP) is 2.17. The van der Waals surface area contributed by atoms with Crippen LogP contribution in [0.2, 0.25) is 0 Å². The van der Waals surface area contributed by atoms with Gasteiger partial charge in [-0.05, 0) is 29.3 Å². The van der Waals surface area contributed by atoms with Crippen molar-refractivity contribution in [2.24, 2.45) is 0 Å². The van der Waals surface area contributed by atoms with Crippen LogP contribution < -0.4 is 0 Å². The molecular formula is C14H14O3. The zero-order chi connectivity index (χ0) is 12.5. The van der Waals surface area contributed by atoms with Gasteiger partial charge in [-0.2, -0.15) is 0 Å². The molecule has 17 heavy (non-hydrogen) atoms. The van der Waals surface area contributed by atoms with Gasteiger partial charge >= 0.3 is 5.97 Å². The first-order valence-electron chi connectivity index (χ1n) is 5.41. The van der Waals surface area contributed by atoms with E-state index in [4.69, 9.17) is 0 Å². The van der Waals surface area contributed by atoms with Gasteiger partial charge in [-0.25, -0.2) is 0 Å². The molecular weight excluding hydrogens is 216 g/mol. The van der Waals surface area contributed by atoms with E-state index in [1.54, 1.807) is 6.07 Å². The highest BCUT2D eigenvalue weighted by molar-refractivity contribution is 5.87. The Hall–Kier alpha value is -1.87. The molecule has 3 heteroatoms. The van der Waals surface area contributed by atoms with Crippen molar-refractivity contribution in [1.82, 2.24) is 0 Å². The molecule has 2 aromatic carbocycles. The molecule has 0 saturated carbocycles. The summed E-state index contributed by atoms with van der Waals surface area (Å²) < 4.78 is 0. The van der Waals surface area contributed by atoms with E-state index < -0.39 is 18.0 Å². The molecule has 0 radical (unpaired) electrons. The molecule has 2 rings (SSSR count). The third-order valence-corrected chi connectivity index (χ3v) is 3.17. The number of aliphatic hydroxyl groups excluding tert-OH is 1. The first-order valence-corrected chi connectivity index (χ1v) is 5.41. The van der Waals surface area contributed by atoms with E-state index >= 15 is 0 Å². The average molecular weight is 230 g/mol. The van der Waals surface area contributed by atoms with Crippen LogP contribution in [0.1, 0.15) is 12.5 Å². The molecule has 0 aliphatic carbocycles. The van der Waals surface area contributed by atoms with Crippen LogP contribution in [0, 0.1) is 0 Å².